The van der Waals surface area contributed by atoms with Crippen LogP contribution in [0.2, 0.25) is 0 Å². The Hall–Kier alpha value is -1.15. The zero-order valence-electron chi connectivity index (χ0n) is 15.6. The summed E-state index contributed by atoms with van der Waals surface area (Å²) in [7, 11) is -3.64. The number of likely N-dealkylation sites (tertiary alicyclic amines) is 1. The van der Waals surface area contributed by atoms with Crippen LogP contribution in [0, 0.1) is 11.8 Å². The third kappa shape index (κ3) is 5.67. The van der Waals surface area contributed by atoms with Crippen LogP contribution < -0.4 is 10.0 Å². The molecule has 0 aromatic carbocycles. The van der Waals surface area contributed by atoms with Crippen LogP contribution in [0.5, 0.6) is 0 Å². The predicted molar refractivity (Wildman–Crippen MR) is 98.8 cm³/mol. The van der Waals surface area contributed by atoms with Gasteiger partial charge >= 0.3 is 0 Å². The van der Waals surface area contributed by atoms with Crippen LogP contribution in [-0.4, -0.2) is 56.1 Å². The van der Waals surface area contributed by atoms with E-state index >= 15 is 0 Å². The van der Waals surface area contributed by atoms with Gasteiger partial charge in [-0.3, -0.25) is 9.59 Å². The van der Waals surface area contributed by atoms with Crippen molar-refractivity contribution in [2.45, 2.75) is 70.4 Å². The minimum Gasteiger partial charge on any atom is -0.353 e. The van der Waals surface area contributed by atoms with Gasteiger partial charge in [0.25, 0.3) is 0 Å². The van der Waals surface area contributed by atoms with Gasteiger partial charge in [-0.1, -0.05) is 6.92 Å². The van der Waals surface area contributed by atoms with Gasteiger partial charge in [-0.25, -0.2) is 13.1 Å². The van der Waals surface area contributed by atoms with E-state index in [4.69, 9.17) is 0 Å². The minimum atomic E-state index is -3.64. The first-order valence-corrected chi connectivity index (χ1v) is 11.6. The van der Waals surface area contributed by atoms with Crippen molar-refractivity contribution in [2.75, 3.05) is 18.8 Å². The monoisotopic (exact) mass is 385 g/mol. The molecule has 0 aromatic rings. The first-order chi connectivity index (χ1) is 12.3. The molecule has 2 aliphatic carbocycles. The molecule has 148 valence electrons. The van der Waals surface area contributed by atoms with Crippen LogP contribution in [0.4, 0.5) is 0 Å². The molecule has 2 amide bonds. The van der Waals surface area contributed by atoms with E-state index in [0.29, 0.717) is 25.0 Å². The van der Waals surface area contributed by atoms with Crippen molar-refractivity contribution in [3.05, 3.63) is 0 Å². The lowest BCUT2D eigenvalue weighted by molar-refractivity contribution is -0.133. The summed E-state index contributed by atoms with van der Waals surface area (Å²) in [6, 6.07) is 0.249. The van der Waals surface area contributed by atoms with Crippen molar-refractivity contribution < 1.29 is 18.0 Å². The maximum atomic E-state index is 12.5. The average molecular weight is 386 g/mol. The van der Waals surface area contributed by atoms with E-state index in [1.807, 2.05) is 0 Å². The first kappa shape index (κ1) is 19.6. The summed E-state index contributed by atoms with van der Waals surface area (Å²) in [5.41, 5.74) is 0. The molecule has 1 aliphatic heterocycles. The lowest BCUT2D eigenvalue weighted by Crippen LogP contribution is -2.49. The number of sulfonamides is 1. The van der Waals surface area contributed by atoms with Crippen LogP contribution in [0.3, 0.4) is 0 Å². The van der Waals surface area contributed by atoms with Crippen molar-refractivity contribution in [3.63, 3.8) is 0 Å². The molecule has 1 saturated heterocycles. The molecule has 1 heterocycles. The number of hydrogen-bond acceptors (Lipinski definition) is 4. The fraction of sp³-hybridized carbons (Fsp3) is 0.889. The number of carbonyl (C=O) groups excluding carboxylic acids is 2. The SMILES string of the molecule is CC1CCC(NS(=O)(=O)CC(=O)N2CCCC(C(=O)NC3CC3)C2)CC1. The normalized spacial score (nSPS) is 30.0. The molecule has 26 heavy (non-hydrogen) atoms. The lowest BCUT2D eigenvalue weighted by Gasteiger charge is -2.32. The van der Waals surface area contributed by atoms with E-state index in [9.17, 15) is 18.0 Å². The molecule has 0 bridgehead atoms. The molecule has 7 nitrogen and oxygen atoms in total. The number of nitrogens with one attached hydrogen (secondary N) is 2. The zero-order valence-corrected chi connectivity index (χ0v) is 16.4. The highest BCUT2D eigenvalue weighted by Crippen LogP contribution is 2.24. The van der Waals surface area contributed by atoms with Gasteiger partial charge in [-0.15, -0.1) is 0 Å². The molecule has 3 fully saturated rings. The Labute approximate surface area is 156 Å². The number of amides is 2. The molecule has 0 aromatic heterocycles. The highest BCUT2D eigenvalue weighted by atomic mass is 32.2. The lowest BCUT2D eigenvalue weighted by atomic mass is 9.88. The molecule has 1 unspecified atom stereocenters. The van der Waals surface area contributed by atoms with E-state index in [0.717, 1.165) is 51.4 Å². The molecular formula is C18H31N3O4S. The quantitative estimate of drug-likeness (QED) is 0.713. The van der Waals surface area contributed by atoms with Crippen LogP contribution in [0.1, 0.15) is 58.3 Å². The summed E-state index contributed by atoms with van der Waals surface area (Å²) in [5.74, 6) is -0.489. The van der Waals surface area contributed by atoms with E-state index in [1.54, 1.807) is 4.90 Å². The second-order valence-corrected chi connectivity index (χ2v) is 10.0. The minimum absolute atomic E-state index is 0.00214. The number of carbonyl (C=O) groups is 2. The molecular weight excluding hydrogens is 354 g/mol. The van der Waals surface area contributed by atoms with Crippen molar-refractivity contribution in [2.24, 2.45) is 11.8 Å². The predicted octanol–water partition coefficient (Wildman–Crippen LogP) is 1.00. The topological polar surface area (TPSA) is 95.6 Å². The van der Waals surface area contributed by atoms with Crippen molar-refractivity contribution in [1.29, 1.82) is 0 Å². The Morgan fingerprint density at radius 3 is 2.31 bits per heavy atom. The highest BCUT2D eigenvalue weighted by molar-refractivity contribution is 7.90. The van der Waals surface area contributed by atoms with E-state index in [2.05, 4.69) is 17.0 Å². The Morgan fingerprint density at radius 1 is 1.00 bits per heavy atom. The fourth-order valence-corrected chi connectivity index (χ4v) is 5.23. The van der Waals surface area contributed by atoms with Crippen LogP contribution in [0.25, 0.3) is 0 Å². The van der Waals surface area contributed by atoms with Crippen LogP contribution >= 0.6 is 0 Å². The highest BCUT2D eigenvalue weighted by Gasteiger charge is 2.33. The summed E-state index contributed by atoms with van der Waals surface area (Å²) >= 11 is 0. The Kier molecular flexibility index (Phi) is 6.22. The van der Waals surface area contributed by atoms with E-state index < -0.39 is 21.7 Å². The average Bonchev–Trinajstić information content (AvgIpc) is 3.40. The molecule has 2 N–H and O–H groups in total. The second-order valence-electron chi connectivity index (χ2n) is 8.30. The molecule has 0 radical (unpaired) electrons. The molecule has 8 heteroatoms. The third-order valence-electron chi connectivity index (χ3n) is 5.74. The van der Waals surface area contributed by atoms with Gasteiger partial charge in [0.15, 0.2) is 0 Å². The maximum Gasteiger partial charge on any atom is 0.239 e. The number of nitrogens with zero attached hydrogens (tertiary/aromatic N) is 1. The van der Waals surface area contributed by atoms with Gasteiger partial charge in [0.1, 0.15) is 5.75 Å². The summed E-state index contributed by atoms with van der Waals surface area (Å²) in [6.07, 6.45) is 7.27. The molecule has 0 spiro atoms. The second kappa shape index (κ2) is 8.25. The molecule has 3 rings (SSSR count). The Morgan fingerprint density at radius 2 is 1.65 bits per heavy atom. The van der Waals surface area contributed by atoms with Gasteiger partial charge in [0, 0.05) is 25.2 Å². The summed E-state index contributed by atoms with van der Waals surface area (Å²) in [6.45, 7) is 3.04. The maximum absolute atomic E-state index is 12.5. The molecule has 3 aliphatic rings. The van der Waals surface area contributed by atoms with E-state index in [1.165, 1.54) is 0 Å². The Balaban J connectivity index is 1.48. The van der Waals surface area contributed by atoms with Gasteiger partial charge < -0.3 is 10.2 Å². The van der Waals surface area contributed by atoms with Crippen molar-refractivity contribution >= 4 is 21.8 Å². The van der Waals surface area contributed by atoms with Gasteiger partial charge in [-0.05, 0) is 57.3 Å². The van der Waals surface area contributed by atoms with Gasteiger partial charge in [0.2, 0.25) is 21.8 Å². The van der Waals surface area contributed by atoms with Crippen molar-refractivity contribution in [3.8, 4) is 0 Å². The van der Waals surface area contributed by atoms with Crippen LogP contribution in [0.15, 0.2) is 0 Å². The number of hydrogen-bond donors (Lipinski definition) is 2. The molecule has 2 saturated carbocycles. The first-order valence-electron chi connectivity index (χ1n) is 9.90. The Bertz CT molecular complexity index is 624. The van der Waals surface area contributed by atoms with Crippen molar-refractivity contribution in [1.82, 2.24) is 14.9 Å². The summed E-state index contributed by atoms with van der Waals surface area (Å²) in [5, 5.41) is 2.98. The number of piperidine rings is 1. The standard InChI is InChI=1S/C18H31N3O4S/c1-13-4-6-16(7-5-13)20-26(24,25)12-17(22)21-10-2-3-14(11-21)18(23)19-15-8-9-15/h13-16,20H,2-12H2,1H3,(H,19,23). The zero-order chi connectivity index (χ0) is 18.7. The smallest absolute Gasteiger partial charge is 0.239 e. The van der Waals surface area contributed by atoms with Crippen LogP contribution in [-0.2, 0) is 19.6 Å². The van der Waals surface area contributed by atoms with Gasteiger partial charge in [0.05, 0.1) is 5.92 Å². The summed E-state index contributed by atoms with van der Waals surface area (Å²) in [4.78, 5) is 26.2. The molecule has 1 atom stereocenters. The summed E-state index contributed by atoms with van der Waals surface area (Å²) < 4.78 is 27.4. The van der Waals surface area contributed by atoms with E-state index in [-0.39, 0.29) is 17.9 Å². The van der Waals surface area contributed by atoms with Gasteiger partial charge in [-0.2, -0.15) is 0 Å². The largest absolute Gasteiger partial charge is 0.353 e. The number of rotatable bonds is 6. The third-order valence-corrected chi connectivity index (χ3v) is 7.06. The fourth-order valence-electron chi connectivity index (χ4n) is 3.89.